The molecule has 0 spiro atoms. The number of rotatable bonds is 11. The summed E-state index contributed by atoms with van der Waals surface area (Å²) < 4.78 is 28.5. The highest BCUT2D eigenvalue weighted by atomic mass is 35.5. The van der Waals surface area contributed by atoms with Crippen molar-refractivity contribution in [3.05, 3.63) is 95.0 Å². The standard InChI is InChI=1S/C28H32ClN3O4S/c1-4-16-30-28(34)22(3)31(19-23-11-9-12-24(29)18-23)27(33)20-32(25-13-8-10-21(2)17-25)37(35,36)26-14-6-5-7-15-26/h5-15,17-18,22H,4,16,19-20H2,1-3H3,(H,30,34)/t22-/m0/s1. The van der Waals surface area contributed by atoms with Crippen LogP contribution in [-0.2, 0) is 26.2 Å². The van der Waals surface area contributed by atoms with Crippen molar-refractivity contribution in [2.75, 3.05) is 17.4 Å². The smallest absolute Gasteiger partial charge is 0.264 e. The summed E-state index contributed by atoms with van der Waals surface area (Å²) >= 11 is 6.16. The van der Waals surface area contributed by atoms with Crippen LogP contribution in [0.4, 0.5) is 5.69 Å². The highest BCUT2D eigenvalue weighted by molar-refractivity contribution is 7.92. The summed E-state index contributed by atoms with van der Waals surface area (Å²) in [6, 6.07) is 21.1. The number of nitrogens with one attached hydrogen (secondary N) is 1. The van der Waals surface area contributed by atoms with Crippen molar-refractivity contribution in [3.8, 4) is 0 Å². The van der Waals surface area contributed by atoms with Crippen LogP contribution in [0.25, 0.3) is 0 Å². The van der Waals surface area contributed by atoms with Crippen LogP contribution in [0.1, 0.15) is 31.4 Å². The maximum atomic E-state index is 13.8. The lowest BCUT2D eigenvalue weighted by Gasteiger charge is -2.32. The molecule has 9 heteroatoms. The van der Waals surface area contributed by atoms with Crippen molar-refractivity contribution in [1.82, 2.24) is 10.2 Å². The van der Waals surface area contributed by atoms with Gasteiger partial charge in [-0.2, -0.15) is 0 Å². The topological polar surface area (TPSA) is 86.8 Å². The zero-order valence-electron chi connectivity index (χ0n) is 21.2. The Morgan fingerprint density at radius 1 is 0.973 bits per heavy atom. The first-order chi connectivity index (χ1) is 17.6. The molecule has 0 bridgehead atoms. The van der Waals surface area contributed by atoms with E-state index in [1.54, 1.807) is 61.5 Å². The van der Waals surface area contributed by atoms with Crippen LogP contribution < -0.4 is 9.62 Å². The fourth-order valence-corrected chi connectivity index (χ4v) is 5.48. The lowest BCUT2D eigenvalue weighted by Crippen LogP contribution is -2.51. The van der Waals surface area contributed by atoms with Crippen molar-refractivity contribution < 1.29 is 18.0 Å². The van der Waals surface area contributed by atoms with Crippen molar-refractivity contribution in [1.29, 1.82) is 0 Å². The largest absolute Gasteiger partial charge is 0.354 e. The van der Waals surface area contributed by atoms with Crippen LogP contribution >= 0.6 is 11.6 Å². The molecule has 0 heterocycles. The van der Waals surface area contributed by atoms with Gasteiger partial charge in [0.15, 0.2) is 0 Å². The Bertz CT molecular complexity index is 1330. The van der Waals surface area contributed by atoms with Gasteiger partial charge in [0, 0.05) is 18.1 Å². The molecule has 0 saturated carbocycles. The second-order valence-corrected chi connectivity index (χ2v) is 11.1. The second-order valence-electron chi connectivity index (χ2n) is 8.78. The number of hydrogen-bond acceptors (Lipinski definition) is 4. The molecule has 0 aliphatic rings. The van der Waals surface area contributed by atoms with Crippen molar-refractivity contribution in [2.45, 2.75) is 44.7 Å². The quantitative estimate of drug-likeness (QED) is 0.378. The van der Waals surface area contributed by atoms with E-state index in [4.69, 9.17) is 11.6 Å². The molecule has 37 heavy (non-hydrogen) atoms. The third kappa shape index (κ3) is 7.33. The zero-order chi connectivity index (χ0) is 27.0. The highest BCUT2D eigenvalue weighted by Gasteiger charge is 2.32. The fourth-order valence-electron chi connectivity index (χ4n) is 3.84. The molecular formula is C28H32ClN3O4S. The Morgan fingerprint density at radius 2 is 1.68 bits per heavy atom. The maximum absolute atomic E-state index is 13.8. The van der Waals surface area contributed by atoms with Crippen LogP contribution in [0.3, 0.4) is 0 Å². The lowest BCUT2D eigenvalue weighted by molar-refractivity contribution is -0.139. The number of carbonyl (C=O) groups excluding carboxylic acids is 2. The molecule has 1 atom stereocenters. The minimum atomic E-state index is -4.07. The second kappa shape index (κ2) is 12.7. The number of amides is 2. The monoisotopic (exact) mass is 541 g/mol. The first kappa shape index (κ1) is 28.2. The molecule has 0 aromatic heterocycles. The molecule has 196 valence electrons. The van der Waals surface area contributed by atoms with Crippen LogP contribution in [0.15, 0.2) is 83.8 Å². The third-order valence-corrected chi connectivity index (χ3v) is 7.88. The highest BCUT2D eigenvalue weighted by Crippen LogP contribution is 2.25. The first-order valence-electron chi connectivity index (χ1n) is 12.1. The van der Waals surface area contributed by atoms with E-state index < -0.39 is 28.5 Å². The number of anilines is 1. The van der Waals surface area contributed by atoms with Gasteiger partial charge in [-0.25, -0.2) is 8.42 Å². The van der Waals surface area contributed by atoms with Gasteiger partial charge < -0.3 is 10.2 Å². The summed E-state index contributed by atoms with van der Waals surface area (Å²) in [6.07, 6.45) is 0.747. The van der Waals surface area contributed by atoms with Gasteiger partial charge in [0.2, 0.25) is 11.8 Å². The first-order valence-corrected chi connectivity index (χ1v) is 13.9. The van der Waals surface area contributed by atoms with E-state index in [1.807, 2.05) is 26.0 Å². The summed E-state index contributed by atoms with van der Waals surface area (Å²) in [6.45, 7) is 5.51. The Balaban J connectivity index is 2.01. The Kier molecular flexibility index (Phi) is 9.72. The molecule has 3 rings (SSSR count). The number of nitrogens with zero attached hydrogens (tertiary/aromatic N) is 2. The Hall–Kier alpha value is -3.36. The van der Waals surface area contributed by atoms with Gasteiger partial charge in [0.25, 0.3) is 10.0 Å². The number of hydrogen-bond donors (Lipinski definition) is 1. The van der Waals surface area contributed by atoms with Crippen LogP contribution in [0.2, 0.25) is 5.02 Å². The van der Waals surface area contributed by atoms with E-state index in [2.05, 4.69) is 5.32 Å². The molecule has 0 radical (unpaired) electrons. The molecule has 3 aromatic carbocycles. The number of carbonyl (C=O) groups is 2. The number of sulfonamides is 1. The summed E-state index contributed by atoms with van der Waals surface area (Å²) in [7, 11) is -4.07. The number of benzene rings is 3. The zero-order valence-corrected chi connectivity index (χ0v) is 22.8. The van der Waals surface area contributed by atoms with E-state index in [1.165, 1.54) is 17.0 Å². The van der Waals surface area contributed by atoms with Gasteiger partial charge in [-0.05, 0) is 67.8 Å². The van der Waals surface area contributed by atoms with E-state index in [9.17, 15) is 18.0 Å². The molecule has 2 amide bonds. The van der Waals surface area contributed by atoms with E-state index in [-0.39, 0.29) is 17.3 Å². The van der Waals surface area contributed by atoms with Crippen molar-refractivity contribution in [3.63, 3.8) is 0 Å². The summed E-state index contributed by atoms with van der Waals surface area (Å²) in [5, 5.41) is 3.32. The predicted molar refractivity (Wildman–Crippen MR) is 147 cm³/mol. The molecule has 0 unspecified atom stereocenters. The molecule has 3 aromatic rings. The summed E-state index contributed by atoms with van der Waals surface area (Å²) in [5.41, 5.74) is 1.94. The van der Waals surface area contributed by atoms with Gasteiger partial charge in [-0.3, -0.25) is 13.9 Å². The van der Waals surface area contributed by atoms with Crippen LogP contribution in [0.5, 0.6) is 0 Å². The van der Waals surface area contributed by atoms with Crippen LogP contribution in [0, 0.1) is 6.92 Å². The normalized spacial score (nSPS) is 12.0. The van der Waals surface area contributed by atoms with Gasteiger partial charge in [0.05, 0.1) is 10.6 Å². The Morgan fingerprint density at radius 3 is 2.32 bits per heavy atom. The summed E-state index contributed by atoms with van der Waals surface area (Å²) in [4.78, 5) is 28.1. The van der Waals surface area contributed by atoms with Gasteiger partial charge in [0.1, 0.15) is 12.6 Å². The third-order valence-electron chi connectivity index (χ3n) is 5.86. The van der Waals surface area contributed by atoms with Gasteiger partial charge in [-0.15, -0.1) is 0 Å². The van der Waals surface area contributed by atoms with Crippen molar-refractivity contribution in [2.24, 2.45) is 0 Å². The molecule has 0 aliphatic heterocycles. The number of aryl methyl sites for hydroxylation is 1. The molecular weight excluding hydrogens is 510 g/mol. The minimum absolute atomic E-state index is 0.0689. The molecule has 0 fully saturated rings. The predicted octanol–water partition coefficient (Wildman–Crippen LogP) is 4.79. The maximum Gasteiger partial charge on any atom is 0.264 e. The average Bonchev–Trinajstić information content (AvgIpc) is 2.88. The fraction of sp³-hybridized carbons (Fsp3) is 0.286. The van der Waals surface area contributed by atoms with E-state index >= 15 is 0 Å². The number of halogens is 1. The molecule has 0 aliphatic carbocycles. The van der Waals surface area contributed by atoms with E-state index in [0.717, 1.165) is 21.9 Å². The molecule has 0 saturated heterocycles. The minimum Gasteiger partial charge on any atom is -0.354 e. The van der Waals surface area contributed by atoms with Crippen molar-refractivity contribution >= 4 is 39.1 Å². The molecule has 7 nitrogen and oxygen atoms in total. The molecule has 1 N–H and O–H groups in total. The van der Waals surface area contributed by atoms with Gasteiger partial charge in [-0.1, -0.05) is 61.0 Å². The Labute approximate surface area is 224 Å². The summed E-state index contributed by atoms with van der Waals surface area (Å²) in [5.74, 6) is -0.828. The van der Waals surface area contributed by atoms with E-state index in [0.29, 0.717) is 17.3 Å². The lowest BCUT2D eigenvalue weighted by atomic mass is 10.1. The van der Waals surface area contributed by atoms with Crippen LogP contribution in [-0.4, -0.2) is 44.3 Å². The van der Waals surface area contributed by atoms with Gasteiger partial charge >= 0.3 is 0 Å². The SMILES string of the molecule is CCCNC(=O)[C@H](C)N(Cc1cccc(Cl)c1)C(=O)CN(c1cccc(C)c1)S(=O)(=O)c1ccccc1. The average molecular weight is 542 g/mol.